The molecular formula is C19H19F2NO5. The van der Waals surface area contributed by atoms with Gasteiger partial charge in [0.1, 0.15) is 0 Å². The highest BCUT2D eigenvalue weighted by Gasteiger charge is 2.16. The van der Waals surface area contributed by atoms with Gasteiger partial charge in [-0.25, -0.2) is 4.79 Å². The Balaban J connectivity index is 1.81. The van der Waals surface area contributed by atoms with Crippen LogP contribution in [0, 0.1) is 0 Å². The molecule has 0 atom stereocenters. The van der Waals surface area contributed by atoms with Crippen LogP contribution >= 0.6 is 0 Å². The van der Waals surface area contributed by atoms with Crippen LogP contribution in [0.4, 0.5) is 8.78 Å². The lowest BCUT2D eigenvalue weighted by Crippen LogP contribution is -2.30. The summed E-state index contributed by atoms with van der Waals surface area (Å²) in [7, 11) is 1.25. The van der Waals surface area contributed by atoms with E-state index in [-0.39, 0.29) is 17.1 Å². The molecule has 0 radical (unpaired) electrons. The molecule has 0 aliphatic heterocycles. The quantitative estimate of drug-likeness (QED) is 0.679. The van der Waals surface area contributed by atoms with Gasteiger partial charge < -0.3 is 19.5 Å². The van der Waals surface area contributed by atoms with E-state index in [9.17, 15) is 18.4 Å². The second-order valence-electron chi connectivity index (χ2n) is 5.41. The SMILES string of the molecule is COc1cc(C(=O)OCC(=O)NCCc2ccccc2)ccc1OC(F)F. The van der Waals surface area contributed by atoms with Crippen LogP contribution < -0.4 is 14.8 Å². The van der Waals surface area contributed by atoms with Crippen LogP contribution in [-0.4, -0.2) is 38.7 Å². The standard InChI is InChI=1S/C19H19F2NO5/c1-25-16-11-14(7-8-15(16)27-19(20)21)18(24)26-12-17(23)22-10-9-13-5-3-2-4-6-13/h2-8,11,19H,9-10,12H2,1H3,(H,22,23). The predicted octanol–water partition coefficient (Wildman–Crippen LogP) is 2.81. The lowest BCUT2D eigenvalue weighted by atomic mass is 10.1. The first-order chi connectivity index (χ1) is 13.0. The smallest absolute Gasteiger partial charge is 0.387 e. The van der Waals surface area contributed by atoms with E-state index in [4.69, 9.17) is 9.47 Å². The maximum atomic E-state index is 12.3. The third kappa shape index (κ3) is 6.58. The largest absolute Gasteiger partial charge is 0.493 e. The maximum Gasteiger partial charge on any atom is 0.387 e. The first-order valence-electron chi connectivity index (χ1n) is 8.10. The van der Waals surface area contributed by atoms with Gasteiger partial charge in [0.05, 0.1) is 12.7 Å². The fourth-order valence-electron chi connectivity index (χ4n) is 2.24. The third-order valence-electron chi connectivity index (χ3n) is 3.53. The summed E-state index contributed by atoms with van der Waals surface area (Å²) in [5.74, 6) is -1.47. The van der Waals surface area contributed by atoms with Crippen LogP contribution in [0.1, 0.15) is 15.9 Å². The zero-order valence-electron chi connectivity index (χ0n) is 14.6. The summed E-state index contributed by atoms with van der Waals surface area (Å²) in [5, 5.41) is 2.65. The van der Waals surface area contributed by atoms with Crippen molar-refractivity contribution in [3.63, 3.8) is 0 Å². The summed E-state index contributed by atoms with van der Waals surface area (Å²) in [4.78, 5) is 23.8. The van der Waals surface area contributed by atoms with Gasteiger partial charge in [-0.1, -0.05) is 30.3 Å². The summed E-state index contributed by atoms with van der Waals surface area (Å²) in [6, 6.07) is 13.2. The van der Waals surface area contributed by atoms with E-state index in [0.717, 1.165) is 5.56 Å². The molecule has 0 saturated heterocycles. The van der Waals surface area contributed by atoms with E-state index in [0.29, 0.717) is 13.0 Å². The number of hydrogen-bond donors (Lipinski definition) is 1. The van der Waals surface area contributed by atoms with Crippen LogP contribution in [0.25, 0.3) is 0 Å². The van der Waals surface area contributed by atoms with Gasteiger partial charge in [0.2, 0.25) is 0 Å². The van der Waals surface area contributed by atoms with Crippen LogP contribution in [0.3, 0.4) is 0 Å². The number of rotatable bonds is 9. The monoisotopic (exact) mass is 379 g/mol. The molecule has 2 aromatic carbocycles. The van der Waals surface area contributed by atoms with Crippen molar-refractivity contribution >= 4 is 11.9 Å². The topological polar surface area (TPSA) is 73.9 Å². The lowest BCUT2D eigenvalue weighted by Gasteiger charge is -2.11. The molecule has 1 amide bonds. The Morgan fingerprint density at radius 1 is 1.07 bits per heavy atom. The Morgan fingerprint density at radius 2 is 1.81 bits per heavy atom. The van der Waals surface area contributed by atoms with Crippen molar-refractivity contribution in [2.75, 3.05) is 20.3 Å². The van der Waals surface area contributed by atoms with Crippen LogP contribution in [-0.2, 0) is 16.0 Å². The number of methoxy groups -OCH3 is 1. The molecule has 0 fully saturated rings. The van der Waals surface area contributed by atoms with E-state index in [1.165, 1.54) is 25.3 Å². The number of nitrogens with one attached hydrogen (secondary N) is 1. The highest BCUT2D eigenvalue weighted by Crippen LogP contribution is 2.29. The van der Waals surface area contributed by atoms with E-state index in [2.05, 4.69) is 10.1 Å². The number of halogens is 2. The number of esters is 1. The van der Waals surface area contributed by atoms with Crippen LogP contribution in [0.2, 0.25) is 0 Å². The third-order valence-corrected chi connectivity index (χ3v) is 3.53. The van der Waals surface area contributed by atoms with Gasteiger partial charge in [0.15, 0.2) is 18.1 Å². The van der Waals surface area contributed by atoms with Gasteiger partial charge >= 0.3 is 12.6 Å². The van der Waals surface area contributed by atoms with E-state index in [1.807, 2.05) is 30.3 Å². The second-order valence-corrected chi connectivity index (χ2v) is 5.41. The van der Waals surface area contributed by atoms with E-state index < -0.39 is 25.1 Å². The van der Waals surface area contributed by atoms with Crippen molar-refractivity contribution in [2.24, 2.45) is 0 Å². The number of carbonyl (C=O) groups is 2. The molecule has 0 unspecified atom stereocenters. The number of amides is 1. The van der Waals surface area contributed by atoms with Crippen molar-refractivity contribution < 1.29 is 32.6 Å². The number of hydrogen-bond acceptors (Lipinski definition) is 5. The van der Waals surface area contributed by atoms with Crippen molar-refractivity contribution in [3.05, 3.63) is 59.7 Å². The molecule has 144 valence electrons. The van der Waals surface area contributed by atoms with Crippen molar-refractivity contribution in [2.45, 2.75) is 13.0 Å². The Bertz CT molecular complexity index is 768. The number of benzene rings is 2. The van der Waals surface area contributed by atoms with Gasteiger partial charge in [-0.3, -0.25) is 4.79 Å². The van der Waals surface area contributed by atoms with Gasteiger partial charge in [-0.05, 0) is 30.2 Å². The van der Waals surface area contributed by atoms with Crippen LogP contribution in [0.5, 0.6) is 11.5 Å². The van der Waals surface area contributed by atoms with Crippen molar-refractivity contribution in [3.8, 4) is 11.5 Å². The number of ether oxygens (including phenoxy) is 3. The molecule has 0 aliphatic rings. The van der Waals surface area contributed by atoms with Crippen molar-refractivity contribution in [1.29, 1.82) is 0 Å². The maximum absolute atomic E-state index is 12.3. The molecule has 0 saturated carbocycles. The number of alkyl halides is 2. The van der Waals surface area contributed by atoms with Gasteiger partial charge in [-0.15, -0.1) is 0 Å². The normalized spacial score (nSPS) is 10.4. The molecule has 0 aliphatic carbocycles. The molecule has 1 N–H and O–H groups in total. The zero-order valence-corrected chi connectivity index (χ0v) is 14.6. The minimum Gasteiger partial charge on any atom is -0.493 e. The van der Waals surface area contributed by atoms with Crippen molar-refractivity contribution in [1.82, 2.24) is 5.32 Å². The summed E-state index contributed by atoms with van der Waals surface area (Å²) in [6.45, 7) is -3.06. The van der Waals surface area contributed by atoms with Gasteiger partial charge in [0, 0.05) is 6.54 Å². The molecule has 2 aromatic rings. The highest BCUT2D eigenvalue weighted by atomic mass is 19.3. The minimum absolute atomic E-state index is 0.0444. The van der Waals surface area contributed by atoms with E-state index >= 15 is 0 Å². The minimum atomic E-state index is -3.02. The molecule has 0 spiro atoms. The average molecular weight is 379 g/mol. The first kappa shape index (κ1) is 20.2. The molecule has 0 heterocycles. The summed E-state index contributed by atoms with van der Waals surface area (Å²) in [5.41, 5.74) is 1.12. The van der Waals surface area contributed by atoms with Gasteiger partial charge in [0.25, 0.3) is 5.91 Å². The zero-order chi connectivity index (χ0) is 19.6. The first-order valence-corrected chi connectivity index (χ1v) is 8.10. The summed E-state index contributed by atoms with van der Waals surface area (Å²) < 4.78 is 38.7. The van der Waals surface area contributed by atoms with E-state index in [1.54, 1.807) is 0 Å². The van der Waals surface area contributed by atoms with Crippen LogP contribution in [0.15, 0.2) is 48.5 Å². The molecule has 0 bridgehead atoms. The van der Waals surface area contributed by atoms with Gasteiger partial charge in [-0.2, -0.15) is 8.78 Å². The Morgan fingerprint density at radius 3 is 2.48 bits per heavy atom. The average Bonchev–Trinajstić information content (AvgIpc) is 2.66. The Hall–Kier alpha value is -3.16. The summed E-state index contributed by atoms with van der Waals surface area (Å²) >= 11 is 0. The molecule has 27 heavy (non-hydrogen) atoms. The molecular weight excluding hydrogens is 360 g/mol. The fraction of sp³-hybridized carbons (Fsp3) is 0.263. The Labute approximate surface area is 155 Å². The molecule has 8 heteroatoms. The lowest BCUT2D eigenvalue weighted by molar-refractivity contribution is -0.124. The second kappa shape index (κ2) is 10.1. The predicted molar refractivity (Wildman–Crippen MR) is 93.1 cm³/mol. The fourth-order valence-corrected chi connectivity index (χ4v) is 2.24. The highest BCUT2D eigenvalue weighted by molar-refractivity contribution is 5.92. The molecule has 0 aromatic heterocycles. The molecule has 6 nitrogen and oxygen atoms in total. The molecule has 2 rings (SSSR count). The number of carbonyl (C=O) groups excluding carboxylic acids is 2. The summed E-state index contributed by atoms with van der Waals surface area (Å²) in [6.07, 6.45) is 0.656. The Kier molecular flexibility index (Phi) is 7.54.